The molecule has 0 aliphatic rings. The molecule has 0 radical (unpaired) electrons. The number of rotatable bonds is 2. The predicted octanol–water partition coefficient (Wildman–Crippen LogP) is 4.94. The van der Waals surface area contributed by atoms with E-state index >= 15 is 0 Å². The predicted molar refractivity (Wildman–Crippen MR) is 81.1 cm³/mol. The minimum Gasteiger partial charge on any atom is -0.216 e. The van der Waals surface area contributed by atoms with E-state index in [4.69, 9.17) is 23.2 Å². The molecule has 100 valence electrons. The highest BCUT2D eigenvalue weighted by atomic mass is 35.5. The summed E-state index contributed by atoms with van der Waals surface area (Å²) in [5.41, 5.74) is 5.30. The van der Waals surface area contributed by atoms with Crippen LogP contribution in [0.3, 0.4) is 0 Å². The third kappa shape index (κ3) is 2.75. The van der Waals surface area contributed by atoms with E-state index in [0.717, 1.165) is 28.7 Å². The zero-order valence-corrected chi connectivity index (χ0v) is 13.0. The lowest BCUT2D eigenvalue weighted by molar-refractivity contribution is 1.05. The highest BCUT2D eigenvalue weighted by molar-refractivity contribution is 6.34. The van der Waals surface area contributed by atoms with Crippen LogP contribution in [0.15, 0.2) is 12.1 Å². The zero-order valence-electron chi connectivity index (χ0n) is 11.5. The molecule has 1 heterocycles. The highest BCUT2D eigenvalue weighted by Gasteiger charge is 2.14. The Kier molecular flexibility index (Phi) is 4.12. The molecular formula is C15H16Cl2N2. The van der Waals surface area contributed by atoms with Crippen LogP contribution in [0.5, 0.6) is 0 Å². The standard InChI is InChI=1S/C15H16Cl2N2/c1-5-11-13(16)18-15(19-14(11)17)12-9(3)6-8(2)7-10(12)4/h6-7H,5H2,1-4H3. The summed E-state index contributed by atoms with van der Waals surface area (Å²) in [6.45, 7) is 8.16. The lowest BCUT2D eigenvalue weighted by Gasteiger charge is -2.12. The molecule has 4 heteroatoms. The first kappa shape index (κ1) is 14.3. The van der Waals surface area contributed by atoms with Crippen LogP contribution in [-0.2, 0) is 6.42 Å². The van der Waals surface area contributed by atoms with Crippen molar-refractivity contribution < 1.29 is 0 Å². The summed E-state index contributed by atoms with van der Waals surface area (Å²) < 4.78 is 0. The molecule has 2 aromatic rings. The maximum atomic E-state index is 6.19. The van der Waals surface area contributed by atoms with E-state index in [2.05, 4.69) is 29.0 Å². The fraction of sp³-hybridized carbons (Fsp3) is 0.333. The summed E-state index contributed by atoms with van der Waals surface area (Å²) >= 11 is 12.4. The SMILES string of the molecule is CCc1c(Cl)nc(-c2c(C)cc(C)cc2C)nc1Cl. The first-order valence-corrected chi connectivity index (χ1v) is 6.99. The normalized spacial score (nSPS) is 10.8. The molecule has 2 rings (SSSR count). The molecule has 2 nitrogen and oxygen atoms in total. The van der Waals surface area contributed by atoms with Crippen LogP contribution in [0.25, 0.3) is 11.4 Å². The zero-order chi connectivity index (χ0) is 14.2. The molecule has 0 fully saturated rings. The average Bonchev–Trinajstić information content (AvgIpc) is 2.26. The first-order chi connectivity index (χ1) is 8.93. The summed E-state index contributed by atoms with van der Waals surface area (Å²) in [5.74, 6) is 0.599. The summed E-state index contributed by atoms with van der Waals surface area (Å²) in [6.07, 6.45) is 0.726. The first-order valence-electron chi connectivity index (χ1n) is 6.24. The number of benzene rings is 1. The van der Waals surface area contributed by atoms with Gasteiger partial charge >= 0.3 is 0 Å². The second-order valence-corrected chi connectivity index (χ2v) is 5.45. The molecule has 1 aromatic carbocycles. The molecule has 1 aromatic heterocycles. The Labute approximate surface area is 123 Å². The number of halogens is 2. The van der Waals surface area contributed by atoms with Gasteiger partial charge in [-0.1, -0.05) is 47.8 Å². The number of hydrogen-bond acceptors (Lipinski definition) is 2. The Morgan fingerprint density at radius 3 is 1.84 bits per heavy atom. The van der Waals surface area contributed by atoms with Crippen LogP contribution < -0.4 is 0 Å². The van der Waals surface area contributed by atoms with Gasteiger partial charge < -0.3 is 0 Å². The van der Waals surface area contributed by atoms with Crippen molar-refractivity contribution in [1.29, 1.82) is 0 Å². The van der Waals surface area contributed by atoms with Gasteiger partial charge in [-0.05, 0) is 38.3 Å². The third-order valence-corrected chi connectivity index (χ3v) is 3.79. The van der Waals surface area contributed by atoms with Crippen molar-refractivity contribution in [3.05, 3.63) is 44.7 Å². The van der Waals surface area contributed by atoms with Crippen LogP contribution in [0.1, 0.15) is 29.2 Å². The summed E-state index contributed by atoms with van der Waals surface area (Å²) in [6, 6.07) is 4.22. The smallest absolute Gasteiger partial charge is 0.163 e. The van der Waals surface area contributed by atoms with Crippen LogP contribution >= 0.6 is 23.2 Å². The number of hydrogen-bond donors (Lipinski definition) is 0. The van der Waals surface area contributed by atoms with E-state index in [1.165, 1.54) is 5.56 Å². The minimum absolute atomic E-state index is 0.442. The highest BCUT2D eigenvalue weighted by Crippen LogP contribution is 2.30. The lowest BCUT2D eigenvalue weighted by atomic mass is 9.99. The van der Waals surface area contributed by atoms with E-state index < -0.39 is 0 Å². The Balaban J connectivity index is 2.67. The van der Waals surface area contributed by atoms with Crippen molar-refractivity contribution in [2.24, 2.45) is 0 Å². The van der Waals surface area contributed by atoms with Gasteiger partial charge in [-0.2, -0.15) is 0 Å². The van der Waals surface area contributed by atoms with Gasteiger partial charge in [-0.25, -0.2) is 9.97 Å². The van der Waals surface area contributed by atoms with Gasteiger partial charge in [0.2, 0.25) is 0 Å². The van der Waals surface area contributed by atoms with E-state index in [-0.39, 0.29) is 0 Å². The minimum atomic E-state index is 0.442. The van der Waals surface area contributed by atoms with Gasteiger partial charge in [0.15, 0.2) is 5.82 Å². The summed E-state index contributed by atoms with van der Waals surface area (Å²) in [4.78, 5) is 8.79. The van der Waals surface area contributed by atoms with E-state index in [1.807, 2.05) is 20.8 Å². The molecule has 19 heavy (non-hydrogen) atoms. The van der Waals surface area contributed by atoms with Gasteiger partial charge in [-0.15, -0.1) is 0 Å². The van der Waals surface area contributed by atoms with Crippen LogP contribution in [-0.4, -0.2) is 9.97 Å². The quantitative estimate of drug-likeness (QED) is 0.733. The Morgan fingerprint density at radius 1 is 0.947 bits per heavy atom. The molecule has 0 saturated carbocycles. The van der Waals surface area contributed by atoms with Gasteiger partial charge in [0.05, 0.1) is 0 Å². The molecule has 0 spiro atoms. The van der Waals surface area contributed by atoms with E-state index in [9.17, 15) is 0 Å². The van der Waals surface area contributed by atoms with Crippen molar-refractivity contribution >= 4 is 23.2 Å². The molecule has 0 amide bonds. The second-order valence-electron chi connectivity index (χ2n) is 4.73. The van der Waals surface area contributed by atoms with Crippen LogP contribution in [0.2, 0.25) is 10.3 Å². The van der Waals surface area contributed by atoms with Crippen molar-refractivity contribution in [1.82, 2.24) is 9.97 Å². The number of nitrogens with zero attached hydrogens (tertiary/aromatic N) is 2. The Morgan fingerprint density at radius 2 is 1.42 bits per heavy atom. The van der Waals surface area contributed by atoms with Crippen molar-refractivity contribution in [2.45, 2.75) is 34.1 Å². The molecule has 0 saturated heterocycles. The lowest BCUT2D eigenvalue weighted by Crippen LogP contribution is -1.99. The number of aromatic nitrogens is 2. The van der Waals surface area contributed by atoms with Gasteiger partial charge in [0.25, 0.3) is 0 Å². The fourth-order valence-corrected chi connectivity index (χ4v) is 3.02. The maximum Gasteiger partial charge on any atom is 0.163 e. The van der Waals surface area contributed by atoms with Gasteiger partial charge in [-0.3, -0.25) is 0 Å². The maximum absolute atomic E-state index is 6.19. The van der Waals surface area contributed by atoms with Crippen molar-refractivity contribution in [3.8, 4) is 11.4 Å². The largest absolute Gasteiger partial charge is 0.216 e. The topological polar surface area (TPSA) is 25.8 Å². The molecule has 0 unspecified atom stereocenters. The van der Waals surface area contributed by atoms with Crippen LogP contribution in [0.4, 0.5) is 0 Å². The molecule has 0 N–H and O–H groups in total. The molecule has 0 aliphatic heterocycles. The van der Waals surface area contributed by atoms with E-state index in [1.54, 1.807) is 0 Å². The van der Waals surface area contributed by atoms with Crippen LogP contribution in [0, 0.1) is 20.8 Å². The summed E-state index contributed by atoms with van der Waals surface area (Å²) in [7, 11) is 0. The van der Waals surface area contributed by atoms with Crippen molar-refractivity contribution in [2.75, 3.05) is 0 Å². The van der Waals surface area contributed by atoms with Gasteiger partial charge in [0.1, 0.15) is 10.3 Å². The number of aryl methyl sites for hydroxylation is 3. The monoisotopic (exact) mass is 294 g/mol. The third-order valence-electron chi connectivity index (χ3n) is 3.16. The second kappa shape index (κ2) is 5.48. The fourth-order valence-electron chi connectivity index (χ4n) is 2.37. The average molecular weight is 295 g/mol. The molecule has 0 atom stereocenters. The van der Waals surface area contributed by atoms with Gasteiger partial charge in [0, 0.05) is 11.1 Å². The summed E-state index contributed by atoms with van der Waals surface area (Å²) in [5, 5.41) is 0.883. The van der Waals surface area contributed by atoms with E-state index in [0.29, 0.717) is 16.1 Å². The molecule has 0 aliphatic carbocycles. The Hall–Kier alpha value is -1.12. The van der Waals surface area contributed by atoms with Crippen molar-refractivity contribution in [3.63, 3.8) is 0 Å². The Bertz CT molecular complexity index is 590. The molecular weight excluding hydrogens is 279 g/mol. The molecule has 0 bridgehead atoms.